The highest BCUT2D eigenvalue weighted by molar-refractivity contribution is 7.16. The molecular formula is C14H16N4O5S. The molecule has 2 heterocycles. The molecule has 24 heavy (non-hydrogen) atoms. The molecule has 2 rings (SSSR count). The lowest BCUT2D eigenvalue weighted by molar-refractivity contribution is -0.386. The number of amides is 1. The minimum Gasteiger partial charge on any atom is -0.465 e. The van der Waals surface area contributed by atoms with Gasteiger partial charge in [0.1, 0.15) is 22.9 Å². The quantitative estimate of drug-likeness (QED) is 0.501. The van der Waals surface area contributed by atoms with E-state index in [0.29, 0.717) is 10.7 Å². The molecule has 0 saturated carbocycles. The maximum Gasteiger partial charge on any atom is 0.340 e. The molecule has 0 atom stereocenters. The second-order valence-electron chi connectivity index (χ2n) is 5.07. The second kappa shape index (κ2) is 6.79. The number of methoxy groups -OCH3 is 1. The van der Waals surface area contributed by atoms with Crippen molar-refractivity contribution in [2.75, 3.05) is 12.4 Å². The summed E-state index contributed by atoms with van der Waals surface area (Å²) in [7, 11) is 1.26. The molecule has 2 aromatic rings. The maximum absolute atomic E-state index is 12.2. The van der Waals surface area contributed by atoms with Crippen LogP contribution in [0.4, 0.5) is 10.7 Å². The Balaban J connectivity index is 2.20. The molecule has 0 unspecified atom stereocenters. The number of carbonyl (C=O) groups is 2. The fraction of sp³-hybridized carbons (Fsp3) is 0.357. The number of anilines is 1. The highest BCUT2D eigenvalue weighted by Gasteiger charge is 2.23. The summed E-state index contributed by atoms with van der Waals surface area (Å²) in [5.41, 5.74) is 0.702. The lowest BCUT2D eigenvalue weighted by Crippen LogP contribution is -2.21. The summed E-state index contributed by atoms with van der Waals surface area (Å²) in [5.74, 6) is -0.987. The fourth-order valence-electron chi connectivity index (χ4n) is 2.28. The lowest BCUT2D eigenvalue weighted by Gasteiger charge is -2.06. The topological polar surface area (TPSA) is 116 Å². The van der Waals surface area contributed by atoms with Crippen molar-refractivity contribution in [1.29, 1.82) is 0 Å². The van der Waals surface area contributed by atoms with Crippen molar-refractivity contribution in [2.24, 2.45) is 0 Å². The van der Waals surface area contributed by atoms with Crippen LogP contribution in [0.3, 0.4) is 0 Å². The van der Waals surface area contributed by atoms with Crippen molar-refractivity contribution in [1.82, 2.24) is 9.78 Å². The van der Waals surface area contributed by atoms with E-state index in [1.807, 2.05) is 0 Å². The highest BCUT2D eigenvalue weighted by Crippen LogP contribution is 2.28. The number of hydrogen-bond donors (Lipinski definition) is 1. The van der Waals surface area contributed by atoms with E-state index in [9.17, 15) is 19.7 Å². The van der Waals surface area contributed by atoms with Gasteiger partial charge in [-0.3, -0.25) is 19.6 Å². The molecule has 0 aromatic carbocycles. The van der Waals surface area contributed by atoms with Crippen LogP contribution >= 0.6 is 11.3 Å². The summed E-state index contributed by atoms with van der Waals surface area (Å²) in [6, 6.07) is 1.63. The molecule has 0 aliphatic carbocycles. The summed E-state index contributed by atoms with van der Waals surface area (Å²) in [6.07, 6.45) is 0. The number of ether oxygens (including phenoxy) is 1. The Hall–Kier alpha value is -2.75. The largest absolute Gasteiger partial charge is 0.465 e. The van der Waals surface area contributed by atoms with Crippen LogP contribution in [0.2, 0.25) is 0 Å². The van der Waals surface area contributed by atoms with Crippen LogP contribution in [0.15, 0.2) is 6.07 Å². The van der Waals surface area contributed by atoms with Crippen LogP contribution in [-0.4, -0.2) is 33.7 Å². The number of hydrogen-bond acceptors (Lipinski definition) is 7. The number of nitro groups is 1. The summed E-state index contributed by atoms with van der Waals surface area (Å²) in [6.45, 7) is 4.65. The third-order valence-electron chi connectivity index (χ3n) is 3.33. The molecule has 0 bridgehead atoms. The van der Waals surface area contributed by atoms with Gasteiger partial charge in [0.05, 0.1) is 17.6 Å². The van der Waals surface area contributed by atoms with Gasteiger partial charge in [0.25, 0.3) is 0 Å². The predicted molar refractivity (Wildman–Crippen MR) is 87.4 cm³/mol. The van der Waals surface area contributed by atoms with Crippen LogP contribution < -0.4 is 5.32 Å². The number of rotatable bonds is 5. The Morgan fingerprint density at radius 3 is 2.62 bits per heavy atom. The Morgan fingerprint density at radius 1 is 1.42 bits per heavy atom. The van der Waals surface area contributed by atoms with Crippen molar-refractivity contribution < 1.29 is 19.2 Å². The van der Waals surface area contributed by atoms with E-state index in [4.69, 9.17) is 0 Å². The van der Waals surface area contributed by atoms with Gasteiger partial charge >= 0.3 is 11.7 Å². The van der Waals surface area contributed by atoms with E-state index in [0.717, 1.165) is 4.88 Å². The van der Waals surface area contributed by atoms with Crippen molar-refractivity contribution in [3.63, 3.8) is 0 Å². The molecule has 0 saturated heterocycles. The zero-order valence-electron chi connectivity index (χ0n) is 13.6. The zero-order chi connectivity index (χ0) is 18.0. The van der Waals surface area contributed by atoms with Crippen molar-refractivity contribution in [3.8, 4) is 0 Å². The average molecular weight is 352 g/mol. The van der Waals surface area contributed by atoms with E-state index >= 15 is 0 Å². The number of carbonyl (C=O) groups excluding carboxylic acids is 2. The maximum atomic E-state index is 12.2. The molecule has 0 aliphatic rings. The number of esters is 1. The van der Waals surface area contributed by atoms with Crippen LogP contribution in [-0.2, 0) is 16.1 Å². The third-order valence-corrected chi connectivity index (χ3v) is 4.30. The molecule has 0 aliphatic heterocycles. The number of thiophene rings is 1. The summed E-state index contributed by atoms with van der Waals surface area (Å²) in [4.78, 5) is 35.2. The average Bonchev–Trinajstić information content (AvgIpc) is 2.98. The normalized spacial score (nSPS) is 10.5. The molecule has 9 nitrogen and oxygen atoms in total. The van der Waals surface area contributed by atoms with Crippen LogP contribution in [0, 0.1) is 30.9 Å². The van der Waals surface area contributed by atoms with Crippen molar-refractivity contribution >= 4 is 33.9 Å². The lowest BCUT2D eigenvalue weighted by atomic mass is 10.3. The molecule has 10 heteroatoms. The van der Waals surface area contributed by atoms with Gasteiger partial charge in [0.2, 0.25) is 5.91 Å². The van der Waals surface area contributed by atoms with Crippen LogP contribution in [0.25, 0.3) is 0 Å². The van der Waals surface area contributed by atoms with Gasteiger partial charge in [-0.1, -0.05) is 0 Å². The number of nitrogens with zero attached hydrogens (tertiary/aromatic N) is 3. The van der Waals surface area contributed by atoms with Gasteiger partial charge in [-0.25, -0.2) is 4.79 Å². The van der Waals surface area contributed by atoms with E-state index in [-0.39, 0.29) is 23.5 Å². The summed E-state index contributed by atoms with van der Waals surface area (Å²) < 4.78 is 5.94. The monoisotopic (exact) mass is 352 g/mol. The predicted octanol–water partition coefficient (Wildman–Crippen LogP) is 2.20. The summed E-state index contributed by atoms with van der Waals surface area (Å²) in [5, 5.41) is 18.0. The molecule has 128 valence electrons. The molecule has 1 amide bonds. The van der Waals surface area contributed by atoms with E-state index in [1.54, 1.807) is 13.0 Å². The smallest absolute Gasteiger partial charge is 0.340 e. The van der Waals surface area contributed by atoms with Crippen molar-refractivity contribution in [3.05, 3.63) is 38.0 Å². The van der Waals surface area contributed by atoms with E-state index in [1.165, 1.54) is 37.0 Å². The molecule has 0 spiro atoms. The standard InChI is InChI=1S/C14H16N4O5S/c1-7-5-10(14(20)23-4)13(24-7)15-11(19)6-17-9(3)12(18(21)22)8(2)16-17/h5H,6H2,1-4H3,(H,15,19). The number of nitrogens with one attached hydrogen (secondary N) is 1. The van der Waals surface area contributed by atoms with Gasteiger partial charge in [-0.2, -0.15) is 5.10 Å². The van der Waals surface area contributed by atoms with Gasteiger partial charge in [-0.15, -0.1) is 11.3 Å². The Kier molecular flexibility index (Phi) is 4.98. The summed E-state index contributed by atoms with van der Waals surface area (Å²) >= 11 is 1.24. The minimum absolute atomic E-state index is 0.106. The first-order chi connectivity index (χ1) is 11.2. The number of aromatic nitrogens is 2. The Morgan fingerprint density at radius 2 is 2.08 bits per heavy atom. The van der Waals surface area contributed by atoms with E-state index in [2.05, 4.69) is 15.2 Å². The van der Waals surface area contributed by atoms with Gasteiger partial charge in [-0.05, 0) is 26.8 Å². The second-order valence-corrected chi connectivity index (χ2v) is 6.33. The number of aryl methyl sites for hydroxylation is 2. The van der Waals surface area contributed by atoms with Crippen LogP contribution in [0.5, 0.6) is 0 Å². The first kappa shape index (κ1) is 17.6. The SMILES string of the molecule is COC(=O)c1cc(C)sc1NC(=O)Cn1nc(C)c([N+](=O)[O-])c1C. The fourth-order valence-corrected chi connectivity index (χ4v) is 3.19. The van der Waals surface area contributed by atoms with Gasteiger partial charge in [0, 0.05) is 4.88 Å². The molecule has 0 fully saturated rings. The van der Waals surface area contributed by atoms with Crippen molar-refractivity contribution in [2.45, 2.75) is 27.3 Å². The Bertz CT molecular complexity index is 823. The van der Waals surface area contributed by atoms with Gasteiger partial charge in [0.15, 0.2) is 0 Å². The highest BCUT2D eigenvalue weighted by atomic mass is 32.1. The first-order valence-electron chi connectivity index (χ1n) is 6.91. The van der Waals surface area contributed by atoms with Gasteiger partial charge < -0.3 is 10.1 Å². The molecule has 0 radical (unpaired) electrons. The van der Waals surface area contributed by atoms with E-state index < -0.39 is 16.8 Å². The third kappa shape index (κ3) is 3.43. The molecule has 1 N–H and O–H groups in total. The van der Waals surface area contributed by atoms with Crippen LogP contribution in [0.1, 0.15) is 26.6 Å². The zero-order valence-corrected chi connectivity index (χ0v) is 14.4. The minimum atomic E-state index is -0.545. The molecular weight excluding hydrogens is 336 g/mol. The Labute approximate surface area is 141 Å². The molecule has 2 aromatic heterocycles. The first-order valence-corrected chi connectivity index (χ1v) is 7.73.